The average Bonchev–Trinajstić information content (AvgIpc) is 2.09. The summed E-state index contributed by atoms with van der Waals surface area (Å²) in [4.78, 5) is 25.0. The zero-order valence-corrected chi connectivity index (χ0v) is 7.60. The number of anilines is 1. The summed E-state index contributed by atoms with van der Waals surface area (Å²) in [6.07, 6.45) is 4.03. The summed E-state index contributed by atoms with van der Waals surface area (Å²) in [6, 6.07) is 0. The van der Waals surface area contributed by atoms with Gasteiger partial charge in [0.1, 0.15) is 5.82 Å². The van der Waals surface area contributed by atoms with Crippen molar-refractivity contribution >= 4 is 17.8 Å². The summed E-state index contributed by atoms with van der Waals surface area (Å²) in [5.74, 6) is -0.510. The van der Waals surface area contributed by atoms with Crippen molar-refractivity contribution in [3.8, 4) is 0 Å². The van der Waals surface area contributed by atoms with E-state index in [9.17, 15) is 9.59 Å². The quantitative estimate of drug-likeness (QED) is 0.580. The molecule has 6 heteroatoms. The second kappa shape index (κ2) is 3.73. The molecule has 1 aromatic heterocycles. The van der Waals surface area contributed by atoms with Crippen molar-refractivity contribution in [1.82, 2.24) is 9.55 Å². The Labute approximate surface area is 79.9 Å². The van der Waals surface area contributed by atoms with Gasteiger partial charge in [-0.25, -0.2) is 4.79 Å². The molecule has 14 heavy (non-hydrogen) atoms. The molecule has 0 aromatic carbocycles. The van der Waals surface area contributed by atoms with Crippen LogP contribution in [0.25, 0.3) is 6.08 Å². The number of rotatable bonds is 2. The summed E-state index contributed by atoms with van der Waals surface area (Å²) in [7, 11) is 1.54. The van der Waals surface area contributed by atoms with Crippen molar-refractivity contribution in [2.24, 2.45) is 12.8 Å². The maximum atomic E-state index is 11.0. The third-order valence-electron chi connectivity index (χ3n) is 1.57. The minimum atomic E-state index is -0.585. The van der Waals surface area contributed by atoms with E-state index in [-0.39, 0.29) is 5.82 Å². The number of nitrogen functional groups attached to an aromatic ring is 1. The highest BCUT2D eigenvalue weighted by Crippen LogP contribution is 2.06. The first-order valence-electron chi connectivity index (χ1n) is 3.81. The molecular weight excluding hydrogens is 184 g/mol. The van der Waals surface area contributed by atoms with Gasteiger partial charge in [0.2, 0.25) is 5.91 Å². The fourth-order valence-corrected chi connectivity index (χ4v) is 0.877. The van der Waals surface area contributed by atoms with Gasteiger partial charge in [0, 0.05) is 24.9 Å². The van der Waals surface area contributed by atoms with Gasteiger partial charge in [-0.05, 0) is 6.08 Å². The van der Waals surface area contributed by atoms with Crippen LogP contribution >= 0.6 is 0 Å². The minimum absolute atomic E-state index is 0.0746. The second-order valence-corrected chi connectivity index (χ2v) is 2.71. The zero-order valence-electron chi connectivity index (χ0n) is 7.60. The zero-order chi connectivity index (χ0) is 10.7. The molecule has 74 valence electrons. The molecule has 0 aliphatic carbocycles. The van der Waals surface area contributed by atoms with Crippen molar-refractivity contribution in [1.29, 1.82) is 0 Å². The summed E-state index contributed by atoms with van der Waals surface area (Å²) >= 11 is 0. The van der Waals surface area contributed by atoms with Crippen LogP contribution in [0.1, 0.15) is 5.56 Å². The van der Waals surface area contributed by atoms with Gasteiger partial charge in [-0.15, -0.1) is 0 Å². The molecule has 0 saturated heterocycles. The molecule has 0 saturated carbocycles. The SMILES string of the molecule is Cn1cc(C=CC(N)=O)c(N)nc1=O. The van der Waals surface area contributed by atoms with Gasteiger partial charge in [-0.2, -0.15) is 4.98 Å². The van der Waals surface area contributed by atoms with Gasteiger partial charge in [0.25, 0.3) is 0 Å². The molecular formula is C8H10N4O2. The van der Waals surface area contributed by atoms with Gasteiger partial charge in [-0.1, -0.05) is 0 Å². The smallest absolute Gasteiger partial charge is 0.349 e. The number of hydrogen-bond donors (Lipinski definition) is 2. The maximum absolute atomic E-state index is 11.0. The molecule has 1 rings (SSSR count). The molecule has 0 atom stereocenters. The first kappa shape index (κ1) is 9.97. The predicted octanol–water partition coefficient (Wildman–Crippen LogP) is -1.14. The van der Waals surface area contributed by atoms with Crippen LogP contribution in [0, 0.1) is 0 Å². The Morgan fingerprint density at radius 2 is 2.29 bits per heavy atom. The van der Waals surface area contributed by atoms with Gasteiger partial charge < -0.3 is 16.0 Å². The van der Waals surface area contributed by atoms with Crippen LogP contribution in [-0.2, 0) is 11.8 Å². The summed E-state index contributed by atoms with van der Waals surface area (Å²) in [5, 5.41) is 0. The van der Waals surface area contributed by atoms with Crippen LogP contribution in [0.3, 0.4) is 0 Å². The number of nitrogens with two attached hydrogens (primary N) is 2. The van der Waals surface area contributed by atoms with Gasteiger partial charge in [-0.3, -0.25) is 4.79 Å². The summed E-state index contributed by atoms with van der Waals surface area (Å²) in [5.41, 5.74) is 10.4. The highest BCUT2D eigenvalue weighted by atomic mass is 16.1. The first-order valence-corrected chi connectivity index (χ1v) is 3.81. The van der Waals surface area contributed by atoms with Crippen LogP contribution in [0.15, 0.2) is 17.1 Å². The largest absolute Gasteiger partial charge is 0.383 e. The fourth-order valence-electron chi connectivity index (χ4n) is 0.877. The Morgan fingerprint density at radius 1 is 1.64 bits per heavy atom. The number of carbonyl (C=O) groups is 1. The molecule has 0 spiro atoms. The lowest BCUT2D eigenvalue weighted by molar-refractivity contribution is -0.113. The van der Waals surface area contributed by atoms with Crippen LogP contribution in [0.5, 0.6) is 0 Å². The lowest BCUT2D eigenvalue weighted by Gasteiger charge is -2.00. The Balaban J connectivity index is 3.16. The van der Waals surface area contributed by atoms with E-state index in [0.717, 1.165) is 6.08 Å². The Bertz CT molecular complexity index is 447. The molecule has 0 bridgehead atoms. The monoisotopic (exact) mass is 194 g/mol. The lowest BCUT2D eigenvalue weighted by Crippen LogP contribution is -2.21. The lowest BCUT2D eigenvalue weighted by atomic mass is 10.3. The number of hydrogen-bond acceptors (Lipinski definition) is 4. The normalized spacial score (nSPS) is 10.6. The van der Waals surface area contributed by atoms with E-state index in [1.807, 2.05) is 0 Å². The van der Waals surface area contributed by atoms with Crippen LogP contribution in [0.4, 0.5) is 5.82 Å². The molecule has 0 aliphatic heterocycles. The summed E-state index contributed by atoms with van der Waals surface area (Å²) < 4.78 is 1.26. The van der Waals surface area contributed by atoms with E-state index >= 15 is 0 Å². The van der Waals surface area contributed by atoms with E-state index < -0.39 is 11.6 Å². The number of carbonyl (C=O) groups excluding carboxylic acids is 1. The molecule has 6 nitrogen and oxygen atoms in total. The van der Waals surface area contributed by atoms with Crippen LogP contribution < -0.4 is 17.2 Å². The van der Waals surface area contributed by atoms with Crippen molar-refractivity contribution in [2.45, 2.75) is 0 Å². The Hall–Kier alpha value is -2.11. The molecule has 1 heterocycles. The maximum Gasteiger partial charge on any atom is 0.349 e. The van der Waals surface area contributed by atoms with Crippen molar-refractivity contribution < 1.29 is 4.79 Å². The van der Waals surface area contributed by atoms with E-state index in [4.69, 9.17) is 11.5 Å². The first-order chi connectivity index (χ1) is 6.50. The molecule has 1 aromatic rings. The van der Waals surface area contributed by atoms with Crippen molar-refractivity contribution in [3.05, 3.63) is 28.3 Å². The molecule has 0 aliphatic rings. The average molecular weight is 194 g/mol. The molecule has 4 N–H and O–H groups in total. The second-order valence-electron chi connectivity index (χ2n) is 2.71. The van der Waals surface area contributed by atoms with E-state index in [1.54, 1.807) is 0 Å². The number of aromatic nitrogens is 2. The Morgan fingerprint density at radius 3 is 2.86 bits per heavy atom. The van der Waals surface area contributed by atoms with Gasteiger partial charge >= 0.3 is 5.69 Å². The molecule has 0 radical (unpaired) electrons. The predicted molar refractivity (Wildman–Crippen MR) is 52.1 cm³/mol. The molecule has 0 fully saturated rings. The van der Waals surface area contributed by atoms with E-state index in [2.05, 4.69) is 4.98 Å². The number of amides is 1. The van der Waals surface area contributed by atoms with Crippen LogP contribution in [0.2, 0.25) is 0 Å². The van der Waals surface area contributed by atoms with Crippen molar-refractivity contribution in [3.63, 3.8) is 0 Å². The topological polar surface area (TPSA) is 104 Å². The van der Waals surface area contributed by atoms with Crippen molar-refractivity contribution in [2.75, 3.05) is 5.73 Å². The third kappa shape index (κ3) is 2.19. The number of nitrogens with zero attached hydrogens (tertiary/aromatic N) is 2. The highest BCUT2D eigenvalue weighted by molar-refractivity contribution is 5.90. The number of aryl methyl sites for hydroxylation is 1. The molecule has 0 unspecified atom stereocenters. The van der Waals surface area contributed by atoms with Crippen LogP contribution in [-0.4, -0.2) is 15.5 Å². The third-order valence-corrected chi connectivity index (χ3v) is 1.57. The van der Waals surface area contributed by atoms with Gasteiger partial charge in [0.15, 0.2) is 0 Å². The van der Waals surface area contributed by atoms with E-state index in [1.165, 1.54) is 23.9 Å². The molecule has 1 amide bonds. The highest BCUT2D eigenvalue weighted by Gasteiger charge is 2.00. The Kier molecular flexibility index (Phi) is 2.66. The fraction of sp³-hybridized carbons (Fsp3) is 0.125. The van der Waals surface area contributed by atoms with Gasteiger partial charge in [0.05, 0.1) is 0 Å². The minimum Gasteiger partial charge on any atom is -0.383 e. The number of primary amides is 1. The standard InChI is InChI=1S/C8H10N4O2/c1-12-4-5(2-3-6(9)13)7(10)11-8(12)14/h2-4H,1H3,(H2,9,13)(H2,10,11,14). The summed E-state index contributed by atoms with van der Waals surface area (Å²) in [6.45, 7) is 0. The van der Waals surface area contributed by atoms with E-state index in [0.29, 0.717) is 5.56 Å².